The van der Waals surface area contributed by atoms with E-state index in [1.807, 2.05) is 18.2 Å². The molecule has 9 heteroatoms. The number of nitrogens with zero attached hydrogens (tertiary/aromatic N) is 4. The fourth-order valence-corrected chi connectivity index (χ4v) is 3.66. The zero-order valence-corrected chi connectivity index (χ0v) is 15.1. The number of carbonyl (C=O) groups is 1. The summed E-state index contributed by atoms with van der Waals surface area (Å²) in [5.41, 5.74) is 0.981. The van der Waals surface area contributed by atoms with Crippen molar-refractivity contribution in [3.63, 3.8) is 0 Å². The molecular formula is C19H19N5O4. The average Bonchev–Trinajstić information content (AvgIpc) is 3.38. The molecule has 1 saturated carbocycles. The van der Waals surface area contributed by atoms with Gasteiger partial charge in [-0.3, -0.25) is 4.79 Å². The number of ether oxygens (including phenoxy) is 3. The lowest BCUT2D eigenvalue weighted by atomic mass is 9.92. The zero-order chi connectivity index (χ0) is 18.9. The Morgan fingerprint density at radius 2 is 1.96 bits per heavy atom. The highest BCUT2D eigenvalue weighted by Crippen LogP contribution is 2.36. The number of tetrazole rings is 1. The molecule has 0 atom stereocenters. The molecule has 144 valence electrons. The van der Waals surface area contributed by atoms with Crippen molar-refractivity contribution >= 4 is 11.6 Å². The van der Waals surface area contributed by atoms with E-state index >= 15 is 0 Å². The largest absolute Gasteiger partial charge is 0.490 e. The van der Waals surface area contributed by atoms with Crippen molar-refractivity contribution in [2.24, 2.45) is 0 Å². The van der Waals surface area contributed by atoms with Crippen LogP contribution in [0.25, 0.3) is 5.65 Å². The Hall–Kier alpha value is -3.36. The number of fused-ring (bicyclic) bond motifs is 2. The van der Waals surface area contributed by atoms with Gasteiger partial charge < -0.3 is 19.5 Å². The molecule has 9 nitrogen and oxygen atoms in total. The number of aromatic nitrogens is 4. The van der Waals surface area contributed by atoms with Crippen molar-refractivity contribution in [1.29, 1.82) is 0 Å². The van der Waals surface area contributed by atoms with Crippen LogP contribution >= 0.6 is 0 Å². The summed E-state index contributed by atoms with van der Waals surface area (Å²) in [4.78, 5) is 12.6. The van der Waals surface area contributed by atoms with Crippen molar-refractivity contribution in [3.05, 3.63) is 42.1 Å². The first-order chi connectivity index (χ1) is 13.8. The topological polar surface area (TPSA) is 99.9 Å². The van der Waals surface area contributed by atoms with Gasteiger partial charge in [-0.2, -0.15) is 4.52 Å². The van der Waals surface area contributed by atoms with Gasteiger partial charge in [-0.05, 0) is 60.4 Å². The molecule has 1 aromatic carbocycles. The number of hydrogen-bond acceptors (Lipinski definition) is 7. The Balaban J connectivity index is 1.17. The predicted octanol–water partition coefficient (Wildman–Crippen LogP) is 1.97. The molecule has 2 aromatic heterocycles. The van der Waals surface area contributed by atoms with Crippen molar-refractivity contribution in [1.82, 2.24) is 25.4 Å². The number of pyridine rings is 1. The summed E-state index contributed by atoms with van der Waals surface area (Å²) < 4.78 is 18.2. The molecule has 0 radical (unpaired) electrons. The van der Waals surface area contributed by atoms with E-state index in [9.17, 15) is 4.79 Å². The molecule has 3 heterocycles. The summed E-state index contributed by atoms with van der Waals surface area (Å²) in [6.07, 6.45) is 3.57. The summed E-state index contributed by atoms with van der Waals surface area (Å²) in [6, 6.07) is 11.0. The smallest absolute Gasteiger partial charge is 0.270 e. The molecule has 2 aliphatic rings. The van der Waals surface area contributed by atoms with Gasteiger partial charge in [-0.15, -0.1) is 5.10 Å². The van der Waals surface area contributed by atoms with E-state index in [1.54, 1.807) is 18.2 Å². The third kappa shape index (κ3) is 3.19. The number of rotatable bonds is 4. The number of nitrogens with one attached hydrogen (secondary N) is 1. The molecule has 0 unspecified atom stereocenters. The molecule has 1 aliphatic carbocycles. The first-order valence-corrected chi connectivity index (χ1v) is 9.30. The van der Waals surface area contributed by atoms with Gasteiger partial charge in [0.1, 0.15) is 11.4 Å². The second-order valence-electron chi connectivity index (χ2n) is 6.94. The lowest BCUT2D eigenvalue weighted by Crippen LogP contribution is -2.40. The quantitative estimate of drug-likeness (QED) is 0.737. The van der Waals surface area contributed by atoms with Crippen molar-refractivity contribution in [2.75, 3.05) is 6.79 Å². The molecule has 0 bridgehead atoms. The van der Waals surface area contributed by atoms with E-state index in [-0.39, 0.29) is 24.8 Å². The van der Waals surface area contributed by atoms with Gasteiger partial charge in [0.05, 0.1) is 6.10 Å². The van der Waals surface area contributed by atoms with E-state index in [4.69, 9.17) is 14.2 Å². The monoisotopic (exact) mass is 381 g/mol. The van der Waals surface area contributed by atoms with Gasteiger partial charge in [0.2, 0.25) is 6.79 Å². The Kier molecular flexibility index (Phi) is 4.19. The van der Waals surface area contributed by atoms with E-state index < -0.39 is 0 Å². The highest BCUT2D eigenvalue weighted by Gasteiger charge is 2.25. The van der Waals surface area contributed by atoms with Gasteiger partial charge in [0.25, 0.3) is 5.91 Å². The minimum absolute atomic E-state index is 0.107. The number of benzene rings is 1. The van der Waals surface area contributed by atoms with E-state index in [0.29, 0.717) is 11.3 Å². The standard InChI is InChI=1S/C19H19N5O4/c25-19(15-2-1-3-18-21-22-23-24(15)18)20-12-4-6-13(7-5-12)28-14-8-9-16-17(10-14)27-11-26-16/h1-3,8-10,12-13H,4-7,11H2,(H,20,25). The van der Waals surface area contributed by atoms with Gasteiger partial charge >= 0.3 is 0 Å². The summed E-state index contributed by atoms with van der Waals surface area (Å²) in [7, 11) is 0. The molecule has 5 rings (SSSR count). The summed E-state index contributed by atoms with van der Waals surface area (Å²) in [5.74, 6) is 2.08. The van der Waals surface area contributed by atoms with Crippen LogP contribution in [0.4, 0.5) is 0 Å². The maximum absolute atomic E-state index is 12.6. The summed E-state index contributed by atoms with van der Waals surface area (Å²) >= 11 is 0. The maximum atomic E-state index is 12.6. The third-order valence-electron chi connectivity index (χ3n) is 5.11. The van der Waals surface area contributed by atoms with Gasteiger partial charge in [0.15, 0.2) is 17.1 Å². The van der Waals surface area contributed by atoms with Gasteiger partial charge in [0, 0.05) is 12.1 Å². The Morgan fingerprint density at radius 3 is 2.86 bits per heavy atom. The average molecular weight is 381 g/mol. The number of amides is 1. The Labute approximate surface area is 160 Å². The molecule has 3 aromatic rings. The number of carbonyl (C=O) groups excluding carboxylic acids is 1. The van der Waals surface area contributed by atoms with Crippen LogP contribution in [0.15, 0.2) is 36.4 Å². The van der Waals surface area contributed by atoms with E-state index in [1.165, 1.54) is 4.52 Å². The molecule has 0 spiro atoms. The Bertz CT molecular complexity index is 1010. The zero-order valence-electron chi connectivity index (χ0n) is 15.1. The van der Waals surface area contributed by atoms with Crippen LogP contribution in [-0.2, 0) is 0 Å². The second-order valence-corrected chi connectivity index (χ2v) is 6.94. The minimum atomic E-state index is -0.168. The van der Waals surface area contributed by atoms with Crippen LogP contribution in [0.5, 0.6) is 17.2 Å². The van der Waals surface area contributed by atoms with Crippen LogP contribution < -0.4 is 19.5 Å². The minimum Gasteiger partial charge on any atom is -0.490 e. The normalized spacial score (nSPS) is 20.9. The molecule has 1 N–H and O–H groups in total. The highest BCUT2D eigenvalue weighted by molar-refractivity contribution is 5.93. The predicted molar refractivity (Wildman–Crippen MR) is 97.5 cm³/mol. The number of hydrogen-bond donors (Lipinski definition) is 1. The van der Waals surface area contributed by atoms with Gasteiger partial charge in [-0.25, -0.2) is 0 Å². The van der Waals surface area contributed by atoms with Crippen LogP contribution in [-0.4, -0.2) is 44.9 Å². The van der Waals surface area contributed by atoms with E-state index in [0.717, 1.165) is 42.9 Å². The summed E-state index contributed by atoms with van der Waals surface area (Å²) in [6.45, 7) is 0.252. The van der Waals surface area contributed by atoms with E-state index in [2.05, 4.69) is 20.8 Å². The SMILES string of the molecule is O=C(NC1CCC(Oc2ccc3c(c2)OCO3)CC1)c1cccc2nnnn12. The summed E-state index contributed by atoms with van der Waals surface area (Å²) in [5, 5.41) is 14.4. The van der Waals surface area contributed by atoms with Crippen molar-refractivity contribution in [3.8, 4) is 17.2 Å². The lowest BCUT2D eigenvalue weighted by molar-refractivity contribution is 0.0886. The molecule has 0 saturated heterocycles. The van der Waals surface area contributed by atoms with Crippen LogP contribution in [0.1, 0.15) is 36.2 Å². The van der Waals surface area contributed by atoms with Crippen LogP contribution in [0.2, 0.25) is 0 Å². The van der Waals surface area contributed by atoms with Crippen molar-refractivity contribution in [2.45, 2.75) is 37.8 Å². The molecular weight excluding hydrogens is 362 g/mol. The second kappa shape index (κ2) is 6.99. The highest BCUT2D eigenvalue weighted by atomic mass is 16.7. The van der Waals surface area contributed by atoms with Crippen LogP contribution in [0.3, 0.4) is 0 Å². The fourth-order valence-electron chi connectivity index (χ4n) is 3.66. The maximum Gasteiger partial charge on any atom is 0.270 e. The molecule has 1 aliphatic heterocycles. The Morgan fingerprint density at radius 1 is 1.11 bits per heavy atom. The first-order valence-electron chi connectivity index (χ1n) is 9.30. The van der Waals surface area contributed by atoms with Crippen molar-refractivity contribution < 1.29 is 19.0 Å². The third-order valence-corrected chi connectivity index (χ3v) is 5.11. The molecule has 1 fully saturated rings. The van der Waals surface area contributed by atoms with Gasteiger partial charge in [-0.1, -0.05) is 6.07 Å². The van der Waals surface area contributed by atoms with Crippen LogP contribution in [0, 0.1) is 0 Å². The first kappa shape index (κ1) is 16.8. The lowest BCUT2D eigenvalue weighted by Gasteiger charge is -2.29. The molecule has 28 heavy (non-hydrogen) atoms. The molecule has 1 amide bonds. The fraction of sp³-hybridized carbons (Fsp3) is 0.368.